The van der Waals surface area contributed by atoms with E-state index in [0.717, 1.165) is 38.5 Å². The highest BCUT2D eigenvalue weighted by atomic mass is 35.5. The van der Waals surface area contributed by atoms with Gasteiger partial charge < -0.3 is 4.74 Å². The van der Waals surface area contributed by atoms with Crippen LogP contribution in [0.3, 0.4) is 0 Å². The summed E-state index contributed by atoms with van der Waals surface area (Å²) in [6.45, 7) is 2.65. The Labute approximate surface area is 128 Å². The minimum Gasteiger partial charge on any atom is -0.466 e. The van der Waals surface area contributed by atoms with Crippen LogP contribution in [-0.4, -0.2) is 17.8 Å². The zero-order valence-corrected chi connectivity index (χ0v) is 13.6. The monoisotopic (exact) mass is 304 g/mol. The molecule has 0 aromatic heterocycles. The van der Waals surface area contributed by atoms with Gasteiger partial charge in [-0.05, 0) is 30.9 Å². The van der Waals surface area contributed by atoms with Crippen LogP contribution in [-0.2, 0) is 14.3 Å². The quantitative estimate of drug-likeness (QED) is 0.258. The average Bonchev–Trinajstić information content (AvgIpc) is 2.41. The van der Waals surface area contributed by atoms with E-state index >= 15 is 0 Å². The number of carbonyl (C=O) groups is 2. The van der Waals surface area contributed by atoms with E-state index in [1.807, 2.05) is 0 Å². The van der Waals surface area contributed by atoms with Crippen LogP contribution in [0.5, 0.6) is 0 Å². The predicted octanol–water partition coefficient (Wildman–Crippen LogP) is 5.00. The molecule has 4 heteroatoms. The van der Waals surface area contributed by atoms with E-state index in [9.17, 15) is 9.59 Å². The maximum absolute atomic E-state index is 11.3. The van der Waals surface area contributed by atoms with E-state index in [1.165, 1.54) is 25.7 Å². The normalized spacial score (nSPS) is 10.5. The summed E-state index contributed by atoms with van der Waals surface area (Å²) in [6.07, 6.45) is 11.9. The van der Waals surface area contributed by atoms with Crippen LogP contribution in [0.15, 0.2) is 0 Å². The molecule has 0 atom stereocenters. The van der Waals surface area contributed by atoms with Gasteiger partial charge in [-0.2, -0.15) is 0 Å². The van der Waals surface area contributed by atoms with Gasteiger partial charge in [-0.3, -0.25) is 9.59 Å². The minimum absolute atomic E-state index is 0.0517. The van der Waals surface area contributed by atoms with Crippen molar-refractivity contribution in [3.8, 4) is 0 Å². The molecule has 0 aromatic rings. The van der Waals surface area contributed by atoms with Crippen LogP contribution >= 0.6 is 11.6 Å². The molecule has 0 spiro atoms. The number of rotatable bonds is 14. The summed E-state index contributed by atoms with van der Waals surface area (Å²) in [6, 6.07) is 0. The number of halogens is 1. The molecule has 0 aliphatic rings. The molecule has 0 fully saturated rings. The predicted molar refractivity (Wildman–Crippen MR) is 82.9 cm³/mol. The van der Waals surface area contributed by atoms with Crippen LogP contribution in [0.2, 0.25) is 0 Å². The van der Waals surface area contributed by atoms with Gasteiger partial charge in [0.2, 0.25) is 5.24 Å². The SMILES string of the molecule is CCCCOC(=O)CCCCCCCCCCC(=O)Cl. The van der Waals surface area contributed by atoms with Crippen molar-refractivity contribution in [3.63, 3.8) is 0 Å². The third-order valence-electron chi connectivity index (χ3n) is 3.27. The van der Waals surface area contributed by atoms with Crippen LogP contribution in [0.25, 0.3) is 0 Å². The van der Waals surface area contributed by atoms with Crippen LogP contribution in [0.1, 0.15) is 84.0 Å². The second kappa shape index (κ2) is 14.8. The molecule has 118 valence electrons. The van der Waals surface area contributed by atoms with Crippen LogP contribution in [0, 0.1) is 0 Å². The van der Waals surface area contributed by atoms with E-state index in [0.29, 0.717) is 19.4 Å². The average molecular weight is 305 g/mol. The Morgan fingerprint density at radius 1 is 0.800 bits per heavy atom. The van der Waals surface area contributed by atoms with Gasteiger partial charge in [-0.1, -0.05) is 51.9 Å². The Kier molecular flexibility index (Phi) is 14.4. The topological polar surface area (TPSA) is 43.4 Å². The van der Waals surface area contributed by atoms with Crippen molar-refractivity contribution in [3.05, 3.63) is 0 Å². The van der Waals surface area contributed by atoms with Crippen molar-refractivity contribution in [2.75, 3.05) is 6.61 Å². The fraction of sp³-hybridized carbons (Fsp3) is 0.875. The maximum Gasteiger partial charge on any atom is 0.305 e. The lowest BCUT2D eigenvalue weighted by Gasteiger charge is -2.04. The zero-order valence-electron chi connectivity index (χ0n) is 12.8. The lowest BCUT2D eigenvalue weighted by molar-refractivity contribution is -0.143. The third kappa shape index (κ3) is 15.5. The third-order valence-corrected chi connectivity index (χ3v) is 3.45. The highest BCUT2D eigenvalue weighted by Crippen LogP contribution is 2.11. The molecule has 0 N–H and O–H groups in total. The smallest absolute Gasteiger partial charge is 0.305 e. The van der Waals surface area contributed by atoms with Crippen molar-refractivity contribution in [1.29, 1.82) is 0 Å². The number of hydrogen-bond donors (Lipinski definition) is 0. The molecule has 0 rings (SSSR count). The number of hydrogen-bond acceptors (Lipinski definition) is 3. The highest BCUT2D eigenvalue weighted by molar-refractivity contribution is 6.63. The van der Waals surface area contributed by atoms with Gasteiger partial charge in [0.05, 0.1) is 6.61 Å². The summed E-state index contributed by atoms with van der Waals surface area (Å²) in [5, 5.41) is -0.226. The Morgan fingerprint density at radius 3 is 1.80 bits per heavy atom. The zero-order chi connectivity index (χ0) is 15.1. The van der Waals surface area contributed by atoms with Crippen molar-refractivity contribution in [2.45, 2.75) is 84.0 Å². The molecular formula is C16H29ClO3. The lowest BCUT2D eigenvalue weighted by atomic mass is 10.1. The fourth-order valence-electron chi connectivity index (χ4n) is 2.00. The van der Waals surface area contributed by atoms with Crippen molar-refractivity contribution >= 4 is 22.8 Å². The minimum atomic E-state index is -0.226. The van der Waals surface area contributed by atoms with Crippen molar-refractivity contribution < 1.29 is 14.3 Å². The molecule has 0 radical (unpaired) electrons. The molecule has 0 bridgehead atoms. The van der Waals surface area contributed by atoms with Gasteiger partial charge in [-0.15, -0.1) is 0 Å². The molecule has 0 aliphatic heterocycles. The summed E-state index contributed by atoms with van der Waals surface area (Å²) in [4.78, 5) is 21.8. The van der Waals surface area contributed by atoms with Gasteiger partial charge in [0.1, 0.15) is 0 Å². The Bertz CT molecular complexity index is 254. The van der Waals surface area contributed by atoms with Gasteiger partial charge >= 0.3 is 5.97 Å². The second-order valence-corrected chi connectivity index (χ2v) is 5.68. The van der Waals surface area contributed by atoms with E-state index in [2.05, 4.69) is 6.92 Å². The first-order valence-electron chi connectivity index (χ1n) is 8.00. The first kappa shape index (κ1) is 19.4. The standard InChI is InChI=1S/C16H29ClO3/c1-2-3-14-20-16(19)13-11-9-7-5-4-6-8-10-12-15(17)18/h2-14H2,1H3. The number of carbonyl (C=O) groups excluding carboxylic acids is 2. The van der Waals surface area contributed by atoms with E-state index < -0.39 is 0 Å². The Morgan fingerprint density at radius 2 is 1.30 bits per heavy atom. The highest BCUT2D eigenvalue weighted by Gasteiger charge is 2.02. The molecule has 0 unspecified atom stereocenters. The largest absolute Gasteiger partial charge is 0.466 e. The van der Waals surface area contributed by atoms with E-state index in [4.69, 9.17) is 16.3 Å². The van der Waals surface area contributed by atoms with Crippen LogP contribution in [0.4, 0.5) is 0 Å². The summed E-state index contributed by atoms with van der Waals surface area (Å²) in [5.41, 5.74) is 0. The number of ether oxygens (including phenoxy) is 1. The lowest BCUT2D eigenvalue weighted by Crippen LogP contribution is -2.05. The molecule has 0 saturated carbocycles. The molecule has 3 nitrogen and oxygen atoms in total. The molecule has 20 heavy (non-hydrogen) atoms. The maximum atomic E-state index is 11.3. The Balaban J connectivity index is 3.12. The second-order valence-electron chi connectivity index (χ2n) is 5.26. The van der Waals surface area contributed by atoms with E-state index in [1.54, 1.807) is 0 Å². The molecule has 0 aliphatic carbocycles. The first-order chi connectivity index (χ1) is 9.66. The summed E-state index contributed by atoms with van der Waals surface area (Å²) in [5.74, 6) is -0.0517. The van der Waals surface area contributed by atoms with Crippen LogP contribution < -0.4 is 0 Å². The molecular weight excluding hydrogens is 276 g/mol. The molecule has 0 aromatic carbocycles. The van der Waals surface area contributed by atoms with Gasteiger partial charge in [-0.25, -0.2) is 0 Å². The van der Waals surface area contributed by atoms with Crippen molar-refractivity contribution in [1.82, 2.24) is 0 Å². The van der Waals surface area contributed by atoms with Crippen molar-refractivity contribution in [2.24, 2.45) is 0 Å². The molecule has 0 heterocycles. The Hall–Kier alpha value is -0.570. The summed E-state index contributed by atoms with van der Waals surface area (Å²) >= 11 is 5.26. The molecule has 0 saturated heterocycles. The van der Waals surface area contributed by atoms with Gasteiger partial charge in [0.25, 0.3) is 0 Å². The van der Waals surface area contributed by atoms with Gasteiger partial charge in [0, 0.05) is 12.8 Å². The van der Waals surface area contributed by atoms with Gasteiger partial charge in [0.15, 0.2) is 0 Å². The first-order valence-corrected chi connectivity index (χ1v) is 8.38. The number of esters is 1. The number of unbranched alkanes of at least 4 members (excludes halogenated alkanes) is 8. The molecule has 0 amide bonds. The summed E-state index contributed by atoms with van der Waals surface area (Å²) < 4.78 is 5.10. The van der Waals surface area contributed by atoms with E-state index in [-0.39, 0.29) is 11.2 Å². The fourth-order valence-corrected chi connectivity index (χ4v) is 2.13. The summed E-state index contributed by atoms with van der Waals surface area (Å²) in [7, 11) is 0.